The third kappa shape index (κ3) is 3.02. The normalized spacial score (nSPS) is 10.6. The van der Waals surface area contributed by atoms with Crippen LogP contribution in [0.1, 0.15) is 5.01 Å². The average molecular weight is 344 g/mol. The van der Waals surface area contributed by atoms with Gasteiger partial charge in [-0.05, 0) is 41.8 Å². The highest BCUT2D eigenvalue weighted by Gasteiger charge is 2.04. The van der Waals surface area contributed by atoms with Gasteiger partial charge in [-0.15, -0.1) is 11.3 Å². The summed E-state index contributed by atoms with van der Waals surface area (Å²) in [7, 11) is 1.97. The molecule has 0 aliphatic carbocycles. The molecule has 4 heteroatoms. The van der Waals surface area contributed by atoms with E-state index in [-0.39, 0.29) is 0 Å². The highest BCUT2D eigenvalue weighted by molar-refractivity contribution is 14.1. The van der Waals surface area contributed by atoms with E-state index in [0.29, 0.717) is 0 Å². The molecule has 0 aliphatic rings. The first kappa shape index (κ1) is 12.0. The second kappa shape index (κ2) is 5.75. The zero-order chi connectivity index (χ0) is 11.4. The van der Waals surface area contributed by atoms with Gasteiger partial charge in [0.2, 0.25) is 0 Å². The number of nitrogens with one attached hydrogen (secondary N) is 1. The Hall–Kier alpha value is -0.460. The molecule has 84 valence electrons. The van der Waals surface area contributed by atoms with E-state index in [1.165, 1.54) is 14.1 Å². The van der Waals surface area contributed by atoms with Crippen molar-refractivity contribution in [3.63, 3.8) is 0 Å². The molecule has 0 atom stereocenters. The van der Waals surface area contributed by atoms with Gasteiger partial charge in [-0.3, -0.25) is 0 Å². The van der Waals surface area contributed by atoms with E-state index in [0.717, 1.165) is 18.7 Å². The van der Waals surface area contributed by atoms with Gasteiger partial charge in [-0.1, -0.05) is 12.1 Å². The second-order valence-corrected chi connectivity index (χ2v) is 5.68. The van der Waals surface area contributed by atoms with Gasteiger partial charge < -0.3 is 5.32 Å². The third-order valence-electron chi connectivity index (χ3n) is 2.26. The number of halogens is 1. The van der Waals surface area contributed by atoms with Crippen molar-refractivity contribution >= 4 is 33.9 Å². The predicted octanol–water partition coefficient (Wildman–Crippen LogP) is 3.18. The maximum atomic E-state index is 4.63. The summed E-state index contributed by atoms with van der Waals surface area (Å²) in [5.74, 6) is 0. The molecule has 1 aromatic carbocycles. The van der Waals surface area contributed by atoms with Crippen molar-refractivity contribution in [1.82, 2.24) is 10.3 Å². The van der Waals surface area contributed by atoms with Crippen LogP contribution in [0.25, 0.3) is 11.3 Å². The van der Waals surface area contributed by atoms with Crippen LogP contribution in [-0.4, -0.2) is 18.6 Å². The fourth-order valence-corrected chi connectivity index (χ4v) is 2.79. The maximum absolute atomic E-state index is 4.63. The summed E-state index contributed by atoms with van der Waals surface area (Å²) in [5, 5.41) is 6.47. The summed E-state index contributed by atoms with van der Waals surface area (Å²) in [6.07, 6.45) is 1.01. The molecule has 0 saturated carbocycles. The summed E-state index contributed by atoms with van der Waals surface area (Å²) in [4.78, 5) is 4.63. The van der Waals surface area contributed by atoms with E-state index >= 15 is 0 Å². The Morgan fingerprint density at radius 1 is 1.44 bits per heavy atom. The van der Waals surface area contributed by atoms with E-state index < -0.39 is 0 Å². The fraction of sp³-hybridized carbons (Fsp3) is 0.250. The summed E-state index contributed by atoms with van der Waals surface area (Å²) >= 11 is 4.06. The van der Waals surface area contributed by atoms with E-state index in [1.54, 1.807) is 11.3 Å². The molecule has 0 aliphatic heterocycles. The molecule has 0 radical (unpaired) electrons. The smallest absolute Gasteiger partial charge is 0.0945 e. The Bertz CT molecular complexity index is 468. The SMILES string of the molecule is CNCCc1nc(-c2cccc(I)c2)cs1. The van der Waals surface area contributed by atoms with Crippen LogP contribution in [0.15, 0.2) is 29.6 Å². The van der Waals surface area contributed by atoms with Crippen LogP contribution in [0.4, 0.5) is 0 Å². The first-order chi connectivity index (χ1) is 7.79. The summed E-state index contributed by atoms with van der Waals surface area (Å²) in [5.41, 5.74) is 2.30. The fourth-order valence-electron chi connectivity index (χ4n) is 1.44. The number of aromatic nitrogens is 1. The zero-order valence-corrected chi connectivity index (χ0v) is 12.0. The van der Waals surface area contributed by atoms with Crippen molar-refractivity contribution in [3.05, 3.63) is 38.2 Å². The van der Waals surface area contributed by atoms with Crippen LogP contribution in [-0.2, 0) is 6.42 Å². The molecule has 0 amide bonds. The summed E-state index contributed by atoms with van der Waals surface area (Å²) < 4.78 is 1.25. The number of rotatable bonds is 4. The van der Waals surface area contributed by atoms with Gasteiger partial charge in [-0.2, -0.15) is 0 Å². The Morgan fingerprint density at radius 3 is 3.06 bits per heavy atom. The minimum absolute atomic E-state index is 0.985. The number of hydrogen-bond donors (Lipinski definition) is 1. The van der Waals surface area contributed by atoms with Crippen LogP contribution in [0.5, 0.6) is 0 Å². The molecule has 0 saturated heterocycles. The van der Waals surface area contributed by atoms with Gasteiger partial charge in [-0.25, -0.2) is 4.98 Å². The van der Waals surface area contributed by atoms with Crippen molar-refractivity contribution in [2.75, 3.05) is 13.6 Å². The van der Waals surface area contributed by atoms with E-state index in [1.807, 2.05) is 7.05 Å². The maximum Gasteiger partial charge on any atom is 0.0945 e. The van der Waals surface area contributed by atoms with Crippen LogP contribution >= 0.6 is 33.9 Å². The van der Waals surface area contributed by atoms with Crippen molar-refractivity contribution in [2.24, 2.45) is 0 Å². The highest BCUT2D eigenvalue weighted by atomic mass is 127. The molecular formula is C12H13IN2S. The lowest BCUT2D eigenvalue weighted by molar-refractivity contribution is 0.788. The molecule has 0 fully saturated rings. The lowest BCUT2D eigenvalue weighted by Crippen LogP contribution is -2.09. The molecule has 1 heterocycles. The number of benzene rings is 1. The molecular weight excluding hydrogens is 331 g/mol. The van der Waals surface area contributed by atoms with Crippen molar-refractivity contribution in [2.45, 2.75) is 6.42 Å². The molecule has 2 rings (SSSR count). The molecule has 2 nitrogen and oxygen atoms in total. The molecule has 2 aromatic rings. The van der Waals surface area contributed by atoms with Crippen LogP contribution in [0, 0.1) is 3.57 Å². The lowest BCUT2D eigenvalue weighted by atomic mass is 10.2. The van der Waals surface area contributed by atoms with E-state index in [4.69, 9.17) is 0 Å². The second-order valence-electron chi connectivity index (χ2n) is 3.49. The number of likely N-dealkylation sites (N-methyl/N-ethyl adjacent to an activating group) is 1. The van der Waals surface area contributed by atoms with Crippen LogP contribution in [0.3, 0.4) is 0 Å². The predicted molar refractivity (Wildman–Crippen MR) is 77.9 cm³/mol. The van der Waals surface area contributed by atoms with Gasteiger partial charge >= 0.3 is 0 Å². The zero-order valence-electron chi connectivity index (χ0n) is 9.03. The lowest BCUT2D eigenvalue weighted by Gasteiger charge is -1.97. The largest absolute Gasteiger partial charge is 0.319 e. The minimum atomic E-state index is 0.985. The van der Waals surface area contributed by atoms with Crippen LogP contribution < -0.4 is 5.32 Å². The molecule has 1 N–H and O–H groups in total. The van der Waals surface area contributed by atoms with Gasteiger partial charge in [0.15, 0.2) is 0 Å². The monoisotopic (exact) mass is 344 g/mol. The van der Waals surface area contributed by atoms with Gasteiger partial charge in [0, 0.05) is 27.5 Å². The Kier molecular flexibility index (Phi) is 4.31. The van der Waals surface area contributed by atoms with Crippen molar-refractivity contribution < 1.29 is 0 Å². The van der Waals surface area contributed by atoms with E-state index in [9.17, 15) is 0 Å². The molecule has 0 unspecified atom stereocenters. The summed E-state index contributed by atoms with van der Waals surface area (Å²) in [6.45, 7) is 0.985. The van der Waals surface area contributed by atoms with Gasteiger partial charge in [0.05, 0.1) is 10.7 Å². The minimum Gasteiger partial charge on any atom is -0.319 e. The molecule has 1 aromatic heterocycles. The number of hydrogen-bond acceptors (Lipinski definition) is 3. The topological polar surface area (TPSA) is 24.9 Å². The molecule has 16 heavy (non-hydrogen) atoms. The van der Waals surface area contributed by atoms with Gasteiger partial charge in [0.1, 0.15) is 0 Å². The quantitative estimate of drug-likeness (QED) is 0.862. The Morgan fingerprint density at radius 2 is 2.31 bits per heavy atom. The molecule has 0 bridgehead atoms. The third-order valence-corrected chi connectivity index (χ3v) is 3.84. The highest BCUT2D eigenvalue weighted by Crippen LogP contribution is 2.23. The Labute approximate surface area is 113 Å². The van der Waals surface area contributed by atoms with E-state index in [2.05, 4.69) is 62.5 Å². The van der Waals surface area contributed by atoms with Crippen LogP contribution in [0.2, 0.25) is 0 Å². The molecule has 0 spiro atoms. The van der Waals surface area contributed by atoms with Gasteiger partial charge in [0.25, 0.3) is 0 Å². The number of nitrogens with zero attached hydrogens (tertiary/aromatic N) is 1. The Balaban J connectivity index is 2.18. The summed E-state index contributed by atoms with van der Waals surface area (Å²) in [6, 6.07) is 8.44. The first-order valence-corrected chi connectivity index (χ1v) is 7.10. The van der Waals surface area contributed by atoms with Crippen molar-refractivity contribution in [3.8, 4) is 11.3 Å². The number of thiazole rings is 1. The standard InChI is InChI=1S/C12H13IN2S/c1-14-6-5-12-15-11(8-16-12)9-3-2-4-10(13)7-9/h2-4,7-8,14H,5-6H2,1H3. The van der Waals surface area contributed by atoms with Crippen molar-refractivity contribution in [1.29, 1.82) is 0 Å². The first-order valence-electron chi connectivity index (χ1n) is 5.14. The average Bonchev–Trinajstić information content (AvgIpc) is 2.75.